The average Bonchev–Trinajstić information content (AvgIpc) is 2.78. The first-order chi connectivity index (χ1) is 14.2. The van der Waals surface area contributed by atoms with E-state index in [9.17, 15) is 4.79 Å². The molecule has 0 radical (unpaired) electrons. The fourth-order valence-corrected chi connectivity index (χ4v) is 2.51. The molecule has 1 heterocycles. The number of hydrogen-bond acceptors (Lipinski definition) is 6. The van der Waals surface area contributed by atoms with Gasteiger partial charge in [0.2, 0.25) is 0 Å². The maximum Gasteiger partial charge on any atom is 0.289 e. The molecule has 0 saturated heterocycles. The van der Waals surface area contributed by atoms with E-state index in [1.54, 1.807) is 42.5 Å². The fourth-order valence-electron chi connectivity index (χ4n) is 2.51. The largest absolute Gasteiger partial charge is 0.493 e. The molecule has 0 spiro atoms. The van der Waals surface area contributed by atoms with Gasteiger partial charge < -0.3 is 9.47 Å². The second-order valence-corrected chi connectivity index (χ2v) is 5.88. The molecular formula is C22H18N4O3. The molecule has 0 fully saturated rings. The quantitative estimate of drug-likeness (QED) is 0.496. The van der Waals surface area contributed by atoms with Gasteiger partial charge in [0.15, 0.2) is 11.5 Å². The van der Waals surface area contributed by atoms with Crippen molar-refractivity contribution in [2.45, 2.75) is 6.61 Å². The van der Waals surface area contributed by atoms with Crippen molar-refractivity contribution in [3.63, 3.8) is 0 Å². The number of carbonyl (C=O) groups is 1. The second-order valence-electron chi connectivity index (χ2n) is 5.88. The van der Waals surface area contributed by atoms with Crippen molar-refractivity contribution < 1.29 is 14.3 Å². The highest BCUT2D eigenvalue weighted by molar-refractivity contribution is 5.93. The zero-order valence-corrected chi connectivity index (χ0v) is 15.7. The highest BCUT2D eigenvalue weighted by Crippen LogP contribution is 2.28. The van der Waals surface area contributed by atoms with Gasteiger partial charge in [-0.2, -0.15) is 10.4 Å². The van der Waals surface area contributed by atoms with Crippen LogP contribution >= 0.6 is 0 Å². The van der Waals surface area contributed by atoms with Crippen LogP contribution in [0.15, 0.2) is 72.0 Å². The average molecular weight is 386 g/mol. The van der Waals surface area contributed by atoms with Gasteiger partial charge in [-0.05, 0) is 42.0 Å². The molecule has 1 amide bonds. The Morgan fingerprint density at radius 2 is 2.00 bits per heavy atom. The fraction of sp³-hybridized carbons (Fsp3) is 0.0909. The topological polar surface area (TPSA) is 96.6 Å². The van der Waals surface area contributed by atoms with Crippen LogP contribution in [0.1, 0.15) is 27.2 Å². The number of methoxy groups -OCH3 is 1. The minimum absolute atomic E-state index is 0.244. The number of benzene rings is 2. The number of pyridine rings is 1. The summed E-state index contributed by atoms with van der Waals surface area (Å²) in [6.07, 6.45) is 3.04. The normalized spacial score (nSPS) is 10.3. The lowest BCUT2D eigenvalue weighted by molar-refractivity contribution is 0.0950. The molecular weight excluding hydrogens is 368 g/mol. The second kappa shape index (κ2) is 9.67. The Kier molecular flexibility index (Phi) is 6.53. The summed E-state index contributed by atoms with van der Waals surface area (Å²) in [7, 11) is 1.54. The molecule has 0 aliphatic heterocycles. The Bertz CT molecular complexity index is 1060. The number of nitrogens with zero attached hydrogens (tertiary/aromatic N) is 3. The SMILES string of the molecule is COc1cc(C=NNC(=O)c2ccccn2)ccc1OCc1ccccc1C#N. The van der Waals surface area contributed by atoms with E-state index >= 15 is 0 Å². The minimum Gasteiger partial charge on any atom is -0.493 e. The Hall–Kier alpha value is -4.18. The maximum absolute atomic E-state index is 11.9. The Labute approximate surface area is 168 Å². The van der Waals surface area contributed by atoms with E-state index in [1.165, 1.54) is 19.5 Å². The molecule has 0 aliphatic carbocycles. The zero-order valence-electron chi connectivity index (χ0n) is 15.7. The first-order valence-corrected chi connectivity index (χ1v) is 8.74. The van der Waals surface area contributed by atoms with Crippen LogP contribution in [-0.4, -0.2) is 24.2 Å². The number of nitrogens with one attached hydrogen (secondary N) is 1. The number of nitriles is 1. The molecule has 3 aromatic rings. The van der Waals surface area contributed by atoms with E-state index in [1.807, 2.05) is 18.2 Å². The molecule has 0 unspecified atom stereocenters. The van der Waals surface area contributed by atoms with E-state index in [0.717, 1.165) is 5.56 Å². The third kappa shape index (κ3) is 5.17. The first-order valence-electron chi connectivity index (χ1n) is 8.74. The van der Waals surface area contributed by atoms with Crippen LogP contribution in [0.2, 0.25) is 0 Å². The third-order valence-corrected chi connectivity index (χ3v) is 3.99. The predicted octanol–water partition coefficient (Wildman–Crippen LogP) is 3.30. The summed E-state index contributed by atoms with van der Waals surface area (Å²) in [5.74, 6) is 0.652. The summed E-state index contributed by atoms with van der Waals surface area (Å²) >= 11 is 0. The Morgan fingerprint density at radius 1 is 1.17 bits per heavy atom. The van der Waals surface area contributed by atoms with Gasteiger partial charge in [0.1, 0.15) is 12.3 Å². The summed E-state index contributed by atoms with van der Waals surface area (Å²) in [6, 6.07) is 19.7. The maximum atomic E-state index is 11.9. The molecule has 0 aliphatic rings. The first kappa shape index (κ1) is 19.6. The van der Waals surface area contributed by atoms with Crippen LogP contribution in [0, 0.1) is 11.3 Å². The lowest BCUT2D eigenvalue weighted by Gasteiger charge is -2.12. The van der Waals surface area contributed by atoms with Crippen LogP contribution in [0.3, 0.4) is 0 Å². The Morgan fingerprint density at radius 3 is 2.76 bits per heavy atom. The van der Waals surface area contributed by atoms with Gasteiger partial charge in [-0.3, -0.25) is 9.78 Å². The van der Waals surface area contributed by atoms with Crippen LogP contribution in [0.5, 0.6) is 11.5 Å². The van der Waals surface area contributed by atoms with Crippen LogP contribution in [-0.2, 0) is 6.61 Å². The number of ether oxygens (including phenoxy) is 2. The molecule has 0 saturated carbocycles. The summed E-state index contributed by atoms with van der Waals surface area (Å²) < 4.78 is 11.2. The highest BCUT2D eigenvalue weighted by atomic mass is 16.5. The van der Waals surface area contributed by atoms with Gasteiger partial charge in [-0.25, -0.2) is 5.43 Å². The van der Waals surface area contributed by atoms with Crippen molar-refractivity contribution >= 4 is 12.1 Å². The molecule has 1 aromatic heterocycles. The third-order valence-electron chi connectivity index (χ3n) is 3.99. The van der Waals surface area contributed by atoms with Crippen LogP contribution < -0.4 is 14.9 Å². The molecule has 1 N–H and O–H groups in total. The molecule has 0 atom stereocenters. The van der Waals surface area contributed by atoms with Crippen molar-refractivity contribution in [1.82, 2.24) is 10.4 Å². The number of rotatable bonds is 7. The minimum atomic E-state index is -0.398. The van der Waals surface area contributed by atoms with Gasteiger partial charge in [0, 0.05) is 11.8 Å². The lowest BCUT2D eigenvalue weighted by Crippen LogP contribution is -2.18. The van der Waals surface area contributed by atoms with Gasteiger partial charge >= 0.3 is 0 Å². The standard InChI is InChI=1S/C22H18N4O3/c1-28-21-12-16(14-25-26-22(27)19-8-4-5-11-24-19)9-10-20(21)29-15-18-7-3-2-6-17(18)13-23/h2-12,14H,15H2,1H3,(H,26,27). The van der Waals surface area contributed by atoms with E-state index < -0.39 is 5.91 Å². The van der Waals surface area contributed by atoms with Gasteiger partial charge in [0.05, 0.1) is 25.0 Å². The molecule has 2 aromatic carbocycles. The van der Waals surface area contributed by atoms with Crippen molar-refractivity contribution in [2.75, 3.05) is 7.11 Å². The van der Waals surface area contributed by atoms with Crippen LogP contribution in [0.25, 0.3) is 0 Å². The molecule has 7 nitrogen and oxygen atoms in total. The monoisotopic (exact) mass is 386 g/mol. The van der Waals surface area contributed by atoms with E-state index in [-0.39, 0.29) is 12.3 Å². The van der Waals surface area contributed by atoms with E-state index in [0.29, 0.717) is 22.6 Å². The molecule has 29 heavy (non-hydrogen) atoms. The van der Waals surface area contributed by atoms with Crippen LogP contribution in [0.4, 0.5) is 0 Å². The smallest absolute Gasteiger partial charge is 0.289 e. The van der Waals surface area contributed by atoms with Gasteiger partial charge in [-0.15, -0.1) is 0 Å². The van der Waals surface area contributed by atoms with Crippen molar-refractivity contribution in [1.29, 1.82) is 5.26 Å². The van der Waals surface area contributed by atoms with E-state index in [4.69, 9.17) is 14.7 Å². The summed E-state index contributed by atoms with van der Waals surface area (Å²) in [5.41, 5.74) is 4.78. The van der Waals surface area contributed by atoms with Crippen molar-refractivity contribution in [3.8, 4) is 17.6 Å². The number of amides is 1. The van der Waals surface area contributed by atoms with Gasteiger partial charge in [0.25, 0.3) is 5.91 Å². The predicted molar refractivity (Wildman–Crippen MR) is 108 cm³/mol. The van der Waals surface area contributed by atoms with Crippen molar-refractivity contribution in [3.05, 3.63) is 89.2 Å². The molecule has 3 rings (SSSR count). The summed E-state index contributed by atoms with van der Waals surface area (Å²) in [6.45, 7) is 0.244. The molecule has 144 valence electrons. The molecule has 7 heteroatoms. The number of carbonyl (C=O) groups excluding carboxylic acids is 1. The number of aromatic nitrogens is 1. The highest BCUT2D eigenvalue weighted by Gasteiger charge is 2.08. The molecule has 0 bridgehead atoms. The summed E-state index contributed by atoms with van der Waals surface area (Å²) in [4.78, 5) is 15.9. The Balaban J connectivity index is 1.65. The zero-order chi connectivity index (χ0) is 20.5. The lowest BCUT2D eigenvalue weighted by atomic mass is 10.1. The van der Waals surface area contributed by atoms with Crippen molar-refractivity contribution in [2.24, 2.45) is 5.10 Å². The van der Waals surface area contributed by atoms with E-state index in [2.05, 4.69) is 21.6 Å². The number of hydrazone groups is 1. The number of hydrogen-bond donors (Lipinski definition) is 1. The summed E-state index contributed by atoms with van der Waals surface area (Å²) in [5, 5.41) is 13.1. The van der Waals surface area contributed by atoms with Gasteiger partial charge in [-0.1, -0.05) is 24.3 Å².